The van der Waals surface area contributed by atoms with Gasteiger partial charge in [0.2, 0.25) is 0 Å². The third-order valence-corrected chi connectivity index (χ3v) is 6.00. The van der Waals surface area contributed by atoms with Crippen LogP contribution in [0.1, 0.15) is 32.8 Å². The molecule has 3 rings (SSSR count). The molecular formula is C20H29IN4O. The van der Waals surface area contributed by atoms with Crippen LogP contribution in [0.15, 0.2) is 41.5 Å². The summed E-state index contributed by atoms with van der Waals surface area (Å²) in [6.07, 6.45) is 2.82. The minimum Gasteiger partial charge on any atom is -0.378 e. The van der Waals surface area contributed by atoms with Crippen LogP contribution < -0.4 is 10.6 Å². The Kier molecular flexibility index (Phi) is 6.50. The molecule has 1 aliphatic carbocycles. The van der Waals surface area contributed by atoms with Gasteiger partial charge in [-0.25, -0.2) is 0 Å². The number of aliphatic imine (C=N–C) groups is 1. The molecule has 2 N–H and O–H groups in total. The lowest BCUT2D eigenvalue weighted by atomic mass is 9.56. The van der Waals surface area contributed by atoms with Crippen LogP contribution in [0, 0.1) is 5.41 Å². The molecule has 2 aromatic rings. The van der Waals surface area contributed by atoms with Crippen molar-refractivity contribution < 1.29 is 4.74 Å². The van der Waals surface area contributed by atoms with E-state index < -0.39 is 0 Å². The Bertz CT molecular complexity index is 787. The summed E-state index contributed by atoms with van der Waals surface area (Å²) >= 11 is 0. The monoisotopic (exact) mass is 468 g/mol. The third kappa shape index (κ3) is 3.67. The van der Waals surface area contributed by atoms with Gasteiger partial charge in [-0.2, -0.15) is 0 Å². The van der Waals surface area contributed by atoms with Gasteiger partial charge in [0.15, 0.2) is 5.96 Å². The number of nitrogens with zero attached hydrogens (tertiary/aromatic N) is 2. The van der Waals surface area contributed by atoms with Gasteiger partial charge < -0.3 is 15.4 Å². The number of aromatic nitrogens is 1. The number of nitrogens with one attached hydrogen (secondary N) is 2. The van der Waals surface area contributed by atoms with Gasteiger partial charge in [0.1, 0.15) is 0 Å². The topological polar surface area (TPSA) is 58.5 Å². The maximum absolute atomic E-state index is 5.70. The van der Waals surface area contributed by atoms with Crippen LogP contribution in [0.3, 0.4) is 0 Å². The summed E-state index contributed by atoms with van der Waals surface area (Å²) in [7, 11) is 3.60. The maximum atomic E-state index is 5.70. The smallest absolute Gasteiger partial charge is 0.191 e. The number of methoxy groups -OCH3 is 1. The molecule has 1 aromatic carbocycles. The predicted molar refractivity (Wildman–Crippen MR) is 118 cm³/mol. The Morgan fingerprint density at radius 1 is 1.27 bits per heavy atom. The van der Waals surface area contributed by atoms with Crippen molar-refractivity contribution in [3.8, 4) is 0 Å². The molecule has 0 spiro atoms. The highest BCUT2D eigenvalue weighted by atomic mass is 127. The third-order valence-electron chi connectivity index (χ3n) is 6.00. The number of pyridine rings is 1. The van der Waals surface area contributed by atoms with Crippen LogP contribution in [-0.2, 0) is 11.3 Å². The second-order valence-corrected chi connectivity index (χ2v) is 7.47. The van der Waals surface area contributed by atoms with Crippen LogP contribution in [0.4, 0.5) is 0 Å². The molecule has 0 radical (unpaired) electrons. The van der Waals surface area contributed by atoms with Gasteiger partial charge >= 0.3 is 0 Å². The zero-order valence-corrected chi connectivity index (χ0v) is 18.5. The molecular weight excluding hydrogens is 439 g/mol. The van der Waals surface area contributed by atoms with E-state index in [0.717, 1.165) is 17.9 Å². The van der Waals surface area contributed by atoms with Crippen LogP contribution in [0.5, 0.6) is 0 Å². The molecule has 1 heterocycles. The van der Waals surface area contributed by atoms with Crippen LogP contribution in [-0.4, -0.2) is 36.7 Å². The standard InChI is InChI=1S/C20H28N4O.HI/c1-19(2)17(12-20(19,3)25-5)24-18(21-4)23-13-14-10-11-22-16-9-7-6-8-15(14)16;/h6-11,17H,12-13H2,1-5H3,(H2,21,23,24);1H. The Morgan fingerprint density at radius 2 is 2.00 bits per heavy atom. The number of guanidine groups is 1. The molecule has 0 bridgehead atoms. The van der Waals surface area contributed by atoms with E-state index >= 15 is 0 Å². The SMILES string of the molecule is CN=C(NCc1ccnc2ccccc12)NC1CC(C)(OC)C1(C)C.I. The summed E-state index contributed by atoms with van der Waals surface area (Å²) in [5.74, 6) is 0.817. The van der Waals surface area contributed by atoms with Crippen LogP contribution in [0.2, 0.25) is 0 Å². The van der Waals surface area contributed by atoms with E-state index in [9.17, 15) is 0 Å². The van der Waals surface area contributed by atoms with E-state index in [2.05, 4.69) is 53.5 Å². The van der Waals surface area contributed by atoms with Gasteiger partial charge in [-0.1, -0.05) is 32.0 Å². The molecule has 142 valence electrons. The Morgan fingerprint density at radius 3 is 2.65 bits per heavy atom. The summed E-state index contributed by atoms with van der Waals surface area (Å²) < 4.78 is 5.70. The Labute approximate surface area is 173 Å². The molecule has 6 heteroatoms. The quantitative estimate of drug-likeness (QED) is 0.408. The average molecular weight is 468 g/mol. The molecule has 1 saturated carbocycles. The fourth-order valence-corrected chi connectivity index (χ4v) is 3.57. The number of fused-ring (bicyclic) bond motifs is 1. The first-order valence-electron chi connectivity index (χ1n) is 8.76. The molecule has 26 heavy (non-hydrogen) atoms. The Hall–Kier alpha value is -1.41. The summed E-state index contributed by atoms with van der Waals surface area (Å²) in [5, 5.41) is 8.15. The average Bonchev–Trinajstić information content (AvgIpc) is 2.63. The Balaban J connectivity index is 0.00000243. The van der Waals surface area contributed by atoms with Crippen molar-refractivity contribution in [3.05, 3.63) is 42.1 Å². The van der Waals surface area contributed by atoms with E-state index in [1.54, 1.807) is 14.2 Å². The fourth-order valence-electron chi connectivity index (χ4n) is 3.57. The first-order valence-corrected chi connectivity index (χ1v) is 8.76. The van der Waals surface area contributed by atoms with Crippen LogP contribution >= 0.6 is 24.0 Å². The van der Waals surface area contributed by atoms with Gasteiger partial charge in [-0.05, 0) is 31.0 Å². The van der Waals surface area contributed by atoms with Crippen molar-refractivity contribution in [2.75, 3.05) is 14.2 Å². The number of hydrogen-bond acceptors (Lipinski definition) is 3. The molecule has 1 fully saturated rings. The zero-order chi connectivity index (χ0) is 18.1. The van der Waals surface area contributed by atoms with Crippen molar-refractivity contribution in [2.45, 2.75) is 45.4 Å². The van der Waals surface area contributed by atoms with E-state index in [-0.39, 0.29) is 35.0 Å². The van der Waals surface area contributed by atoms with Crippen molar-refractivity contribution in [1.29, 1.82) is 0 Å². The van der Waals surface area contributed by atoms with Gasteiger partial charge in [-0.15, -0.1) is 24.0 Å². The number of halogens is 1. The summed E-state index contributed by atoms with van der Waals surface area (Å²) in [5.41, 5.74) is 2.18. The van der Waals surface area contributed by atoms with Crippen molar-refractivity contribution >= 4 is 40.8 Å². The summed E-state index contributed by atoms with van der Waals surface area (Å²) in [6.45, 7) is 7.35. The van der Waals surface area contributed by atoms with Crippen molar-refractivity contribution in [2.24, 2.45) is 10.4 Å². The fraction of sp³-hybridized carbons (Fsp3) is 0.500. The number of ether oxygens (including phenoxy) is 1. The number of para-hydroxylation sites is 1. The lowest BCUT2D eigenvalue weighted by Gasteiger charge is -2.59. The minimum absolute atomic E-state index is 0. The van der Waals surface area contributed by atoms with E-state index in [1.165, 1.54) is 10.9 Å². The lowest BCUT2D eigenvalue weighted by Crippen LogP contribution is -2.69. The number of benzene rings is 1. The predicted octanol–water partition coefficient (Wildman–Crippen LogP) is 3.72. The second-order valence-electron chi connectivity index (χ2n) is 7.47. The minimum atomic E-state index is -0.0924. The largest absolute Gasteiger partial charge is 0.378 e. The number of hydrogen-bond donors (Lipinski definition) is 2. The van der Waals surface area contributed by atoms with E-state index in [1.807, 2.05) is 24.4 Å². The molecule has 1 aliphatic rings. The van der Waals surface area contributed by atoms with Gasteiger partial charge in [0, 0.05) is 43.7 Å². The molecule has 0 saturated heterocycles. The molecule has 2 unspecified atom stereocenters. The summed E-state index contributed by atoms with van der Waals surface area (Å²) in [6, 6.07) is 10.6. The second kappa shape index (κ2) is 8.08. The highest BCUT2D eigenvalue weighted by molar-refractivity contribution is 14.0. The molecule has 1 aromatic heterocycles. The number of rotatable bonds is 4. The van der Waals surface area contributed by atoms with Gasteiger partial charge in [0.25, 0.3) is 0 Å². The van der Waals surface area contributed by atoms with E-state index in [0.29, 0.717) is 12.6 Å². The molecule has 0 aliphatic heterocycles. The van der Waals surface area contributed by atoms with Gasteiger partial charge in [0.05, 0.1) is 11.1 Å². The molecule has 0 amide bonds. The first kappa shape index (κ1) is 20.9. The maximum Gasteiger partial charge on any atom is 0.191 e. The lowest BCUT2D eigenvalue weighted by molar-refractivity contribution is -0.176. The van der Waals surface area contributed by atoms with Crippen LogP contribution in [0.25, 0.3) is 10.9 Å². The first-order chi connectivity index (χ1) is 11.9. The van der Waals surface area contributed by atoms with Crippen molar-refractivity contribution in [1.82, 2.24) is 15.6 Å². The van der Waals surface area contributed by atoms with Crippen molar-refractivity contribution in [3.63, 3.8) is 0 Å². The highest BCUT2D eigenvalue weighted by Gasteiger charge is 2.58. The zero-order valence-electron chi connectivity index (χ0n) is 16.2. The highest BCUT2D eigenvalue weighted by Crippen LogP contribution is 2.51. The normalized spacial score (nSPS) is 24.5. The summed E-state index contributed by atoms with van der Waals surface area (Å²) in [4.78, 5) is 8.80. The van der Waals surface area contributed by atoms with E-state index in [4.69, 9.17) is 4.74 Å². The van der Waals surface area contributed by atoms with Gasteiger partial charge in [-0.3, -0.25) is 9.98 Å². The molecule has 5 nitrogen and oxygen atoms in total. The molecule has 2 atom stereocenters.